The summed E-state index contributed by atoms with van der Waals surface area (Å²) in [7, 11) is 1.72. The molecule has 0 bridgehead atoms. The summed E-state index contributed by atoms with van der Waals surface area (Å²) in [6.07, 6.45) is 2.89. The summed E-state index contributed by atoms with van der Waals surface area (Å²) in [5.74, 6) is -0.767. The van der Waals surface area contributed by atoms with Gasteiger partial charge in [0.05, 0.1) is 17.6 Å². The van der Waals surface area contributed by atoms with E-state index in [2.05, 4.69) is 14.9 Å². The number of carbonyl (C=O) groups is 1. The van der Waals surface area contributed by atoms with Crippen LogP contribution >= 0.6 is 11.6 Å². The Morgan fingerprint density at radius 2 is 1.83 bits per heavy atom. The molecule has 1 saturated heterocycles. The number of aromatic nitrogens is 4. The number of rotatable bonds is 11. The van der Waals surface area contributed by atoms with Crippen LogP contribution in [0, 0.1) is 12.7 Å². The fraction of sp³-hybridized carbons (Fsp3) is 0.278. The maximum absolute atomic E-state index is 15.6. The second-order valence-electron chi connectivity index (χ2n) is 12.0. The fourth-order valence-electron chi connectivity index (χ4n) is 6.04. The number of aliphatic hydroxyl groups is 1. The summed E-state index contributed by atoms with van der Waals surface area (Å²) >= 11 is 6.14. The van der Waals surface area contributed by atoms with Gasteiger partial charge in [0.1, 0.15) is 29.8 Å². The number of nitrogens with two attached hydrogens (primary N) is 1. The molecule has 1 aliphatic heterocycles. The quantitative estimate of drug-likeness (QED) is 0.183. The molecule has 3 aromatic carbocycles. The predicted octanol–water partition coefficient (Wildman–Crippen LogP) is 5.24. The lowest BCUT2D eigenvalue weighted by Gasteiger charge is -2.20. The molecule has 0 amide bonds. The molecule has 48 heavy (non-hydrogen) atoms. The molecule has 1 fully saturated rings. The van der Waals surface area contributed by atoms with E-state index in [0.29, 0.717) is 39.8 Å². The Morgan fingerprint density at radius 3 is 2.56 bits per heavy atom. The fourth-order valence-corrected chi connectivity index (χ4v) is 6.23. The van der Waals surface area contributed by atoms with Gasteiger partial charge in [0.15, 0.2) is 17.3 Å². The van der Waals surface area contributed by atoms with Crippen LogP contribution in [0.15, 0.2) is 77.7 Å². The number of carbonyl (C=O) groups excluding carboxylic acids is 1. The number of aliphatic hydroxyl groups excluding tert-OH is 1. The first-order valence-electron chi connectivity index (χ1n) is 15.7. The number of ether oxygens (including phenoxy) is 1. The normalized spacial score (nSPS) is 13.9. The molecule has 1 aliphatic rings. The SMILES string of the molecule is Cc1c(C(=O)Cc2ccc(-c3nc(-c4cccc(OCC(O)CN5CCCC5)c4F)cnc3N)cc2)c(=O)n(-c2cccc(Cl)c2)n1C. The predicted molar refractivity (Wildman–Crippen MR) is 183 cm³/mol. The number of ketones is 1. The van der Waals surface area contributed by atoms with Crippen LogP contribution in [0.2, 0.25) is 5.02 Å². The van der Waals surface area contributed by atoms with Crippen molar-refractivity contribution < 1.29 is 19.0 Å². The van der Waals surface area contributed by atoms with E-state index < -0.39 is 17.5 Å². The number of anilines is 1. The van der Waals surface area contributed by atoms with Gasteiger partial charge in [-0.05, 0) is 68.8 Å². The first-order chi connectivity index (χ1) is 23.1. The number of Topliss-reactive ketones (excluding diaryl/α,β-unsaturated/α-hetero) is 1. The maximum atomic E-state index is 15.6. The van der Waals surface area contributed by atoms with Crippen LogP contribution in [-0.4, -0.2) is 67.5 Å². The number of hydrogen-bond donors (Lipinski definition) is 2. The molecule has 3 heterocycles. The lowest BCUT2D eigenvalue weighted by atomic mass is 10.0. The minimum atomic E-state index is -0.739. The van der Waals surface area contributed by atoms with Crippen LogP contribution in [0.1, 0.15) is 34.5 Å². The molecule has 0 aliphatic carbocycles. The van der Waals surface area contributed by atoms with Gasteiger partial charge in [-0.15, -0.1) is 0 Å². The lowest BCUT2D eigenvalue weighted by Crippen LogP contribution is -2.33. The highest BCUT2D eigenvalue weighted by atomic mass is 35.5. The van der Waals surface area contributed by atoms with Crippen LogP contribution in [0.25, 0.3) is 28.2 Å². The Labute approximate surface area is 282 Å². The molecule has 10 nitrogen and oxygen atoms in total. The number of β-amino-alcohol motifs (C(OH)–C–C–N with tert-alkyl or cyclic N) is 1. The number of nitrogens with zero attached hydrogens (tertiary/aromatic N) is 5. The number of likely N-dealkylation sites (tertiary alicyclic amines) is 1. The van der Waals surface area contributed by atoms with E-state index in [-0.39, 0.29) is 47.2 Å². The van der Waals surface area contributed by atoms with Crippen LogP contribution in [0.3, 0.4) is 0 Å². The molecular formula is C36H36ClFN6O4. The zero-order valence-electron chi connectivity index (χ0n) is 26.7. The van der Waals surface area contributed by atoms with Gasteiger partial charge in [0.2, 0.25) is 0 Å². The van der Waals surface area contributed by atoms with Gasteiger partial charge in [-0.25, -0.2) is 19.0 Å². The second kappa shape index (κ2) is 14.1. The molecule has 0 saturated carbocycles. The molecule has 5 aromatic rings. The van der Waals surface area contributed by atoms with Gasteiger partial charge in [-0.3, -0.25) is 14.3 Å². The average molecular weight is 671 g/mol. The van der Waals surface area contributed by atoms with Crippen molar-refractivity contribution in [2.24, 2.45) is 7.05 Å². The van der Waals surface area contributed by atoms with Crippen LogP contribution in [0.5, 0.6) is 5.75 Å². The molecule has 0 radical (unpaired) electrons. The van der Waals surface area contributed by atoms with Gasteiger partial charge < -0.3 is 20.5 Å². The van der Waals surface area contributed by atoms with Crippen LogP contribution in [-0.2, 0) is 13.5 Å². The minimum Gasteiger partial charge on any atom is -0.488 e. The van der Waals surface area contributed by atoms with Gasteiger partial charge in [-0.2, -0.15) is 0 Å². The third kappa shape index (κ3) is 6.89. The third-order valence-corrected chi connectivity index (χ3v) is 8.85. The van der Waals surface area contributed by atoms with E-state index >= 15 is 4.39 Å². The van der Waals surface area contributed by atoms with Gasteiger partial charge >= 0.3 is 0 Å². The van der Waals surface area contributed by atoms with Crippen molar-refractivity contribution in [3.05, 3.63) is 111 Å². The van der Waals surface area contributed by atoms with E-state index in [1.54, 1.807) is 79.3 Å². The Bertz CT molecular complexity index is 2020. The summed E-state index contributed by atoms with van der Waals surface area (Å²) in [6.45, 7) is 4.07. The highest BCUT2D eigenvalue weighted by molar-refractivity contribution is 6.30. The van der Waals surface area contributed by atoms with Crippen molar-refractivity contribution in [3.63, 3.8) is 0 Å². The molecule has 12 heteroatoms. The van der Waals surface area contributed by atoms with E-state index in [1.807, 2.05) is 0 Å². The number of halogens is 2. The molecule has 1 unspecified atom stereocenters. The minimum absolute atomic E-state index is 0.00184. The van der Waals surface area contributed by atoms with E-state index in [0.717, 1.165) is 25.9 Å². The smallest absolute Gasteiger partial charge is 0.282 e. The molecule has 1 atom stereocenters. The largest absolute Gasteiger partial charge is 0.488 e. The third-order valence-electron chi connectivity index (χ3n) is 8.62. The molecule has 3 N–H and O–H groups in total. The summed E-state index contributed by atoms with van der Waals surface area (Å²) in [5.41, 5.74) is 9.08. The Hall–Kier alpha value is -4.84. The number of nitrogen functional groups attached to an aromatic ring is 1. The van der Waals surface area contributed by atoms with Gasteiger partial charge in [0, 0.05) is 41.9 Å². The molecule has 248 valence electrons. The first kappa shape index (κ1) is 33.1. The topological polar surface area (TPSA) is 129 Å². The molecular weight excluding hydrogens is 635 g/mol. The average Bonchev–Trinajstić information content (AvgIpc) is 3.66. The number of hydrogen-bond acceptors (Lipinski definition) is 8. The Balaban J connectivity index is 1.18. The van der Waals surface area contributed by atoms with Crippen molar-refractivity contribution >= 4 is 23.2 Å². The molecule has 6 rings (SSSR count). The van der Waals surface area contributed by atoms with Crippen molar-refractivity contribution in [2.75, 3.05) is 32.0 Å². The highest BCUT2D eigenvalue weighted by Gasteiger charge is 2.23. The Kier molecular flexibility index (Phi) is 9.72. The van der Waals surface area contributed by atoms with Gasteiger partial charge in [-0.1, -0.05) is 48.0 Å². The standard InChI is InChI=1S/C36H36ClFN6O4/c1-22-32(36(47)44(42(22)2)26-8-5-7-25(37)18-26)30(46)17-23-11-13-24(14-12-23)34-35(39)40-19-29(41-34)28-9-6-10-31(33(28)38)48-21-27(45)20-43-15-3-4-16-43/h5-14,18-19,27,45H,3-4,15-17,20-21H2,1-2H3,(H2,39,40). The lowest BCUT2D eigenvalue weighted by molar-refractivity contribution is 0.0743. The van der Waals surface area contributed by atoms with E-state index in [1.165, 1.54) is 16.9 Å². The van der Waals surface area contributed by atoms with Crippen molar-refractivity contribution in [2.45, 2.75) is 32.3 Å². The highest BCUT2D eigenvalue weighted by Crippen LogP contribution is 2.31. The Morgan fingerprint density at radius 1 is 1.10 bits per heavy atom. The van der Waals surface area contributed by atoms with Gasteiger partial charge in [0.25, 0.3) is 5.56 Å². The number of benzene rings is 3. The molecule has 2 aromatic heterocycles. The van der Waals surface area contributed by atoms with E-state index in [4.69, 9.17) is 22.1 Å². The van der Waals surface area contributed by atoms with Crippen molar-refractivity contribution in [1.29, 1.82) is 0 Å². The van der Waals surface area contributed by atoms with Crippen molar-refractivity contribution in [3.8, 4) is 34.0 Å². The zero-order valence-corrected chi connectivity index (χ0v) is 27.5. The monoisotopic (exact) mass is 670 g/mol. The van der Waals surface area contributed by atoms with Crippen LogP contribution in [0.4, 0.5) is 10.2 Å². The first-order valence-corrected chi connectivity index (χ1v) is 16.1. The summed E-state index contributed by atoms with van der Waals surface area (Å²) in [5, 5.41) is 10.9. The second-order valence-corrected chi connectivity index (χ2v) is 12.4. The summed E-state index contributed by atoms with van der Waals surface area (Å²) in [4.78, 5) is 37.8. The summed E-state index contributed by atoms with van der Waals surface area (Å²) < 4.78 is 24.3. The zero-order chi connectivity index (χ0) is 33.9. The molecule has 0 spiro atoms. The van der Waals surface area contributed by atoms with E-state index in [9.17, 15) is 14.7 Å². The van der Waals surface area contributed by atoms with Crippen LogP contribution < -0.4 is 16.0 Å². The van der Waals surface area contributed by atoms with Crippen molar-refractivity contribution in [1.82, 2.24) is 24.2 Å². The maximum Gasteiger partial charge on any atom is 0.282 e. The summed E-state index contributed by atoms with van der Waals surface area (Å²) in [6, 6.07) is 18.7.